The first-order valence-corrected chi connectivity index (χ1v) is 8.10. The van der Waals surface area contributed by atoms with Crippen LogP contribution in [0.3, 0.4) is 0 Å². The Morgan fingerprint density at radius 3 is 2.96 bits per heavy atom. The molecule has 1 aromatic rings. The summed E-state index contributed by atoms with van der Waals surface area (Å²) in [6.45, 7) is 7.86. The lowest BCUT2D eigenvalue weighted by atomic mass is 10.1. The highest BCUT2D eigenvalue weighted by atomic mass is 16.5. The molecule has 0 bridgehead atoms. The fourth-order valence-electron chi connectivity index (χ4n) is 2.49. The van der Waals surface area contributed by atoms with Crippen molar-refractivity contribution >= 4 is 17.3 Å². The van der Waals surface area contributed by atoms with E-state index in [4.69, 9.17) is 10.00 Å². The van der Waals surface area contributed by atoms with Crippen molar-refractivity contribution in [1.29, 1.82) is 5.26 Å². The van der Waals surface area contributed by atoms with Gasteiger partial charge in [-0.2, -0.15) is 5.26 Å². The minimum Gasteiger partial charge on any atom is -0.383 e. The molecule has 2 N–H and O–H groups in total. The maximum atomic E-state index is 12.5. The van der Waals surface area contributed by atoms with E-state index >= 15 is 0 Å². The van der Waals surface area contributed by atoms with Gasteiger partial charge in [-0.1, -0.05) is 13.8 Å². The number of nitrogens with zero attached hydrogens (tertiary/aromatic N) is 2. The Morgan fingerprint density at radius 2 is 2.26 bits per heavy atom. The standard InChI is InChI=1S/C17H24N4O2/c1-3-7-19-14-6-5-13(11-18)10-15(14)20-17(22)16-12-21(4-2)8-9-23-16/h5-6,10,16,19H,3-4,7-9,12H2,1-2H3,(H,20,22)/t16-/m1/s1. The molecule has 6 nitrogen and oxygen atoms in total. The lowest BCUT2D eigenvalue weighted by molar-refractivity contribution is -0.132. The second kappa shape index (κ2) is 8.51. The molecule has 1 amide bonds. The Morgan fingerprint density at radius 1 is 1.43 bits per heavy atom. The first kappa shape index (κ1) is 17.3. The lowest BCUT2D eigenvalue weighted by Gasteiger charge is -2.31. The molecule has 1 fully saturated rings. The predicted molar refractivity (Wildman–Crippen MR) is 90.4 cm³/mol. The average molecular weight is 316 g/mol. The van der Waals surface area contributed by atoms with E-state index < -0.39 is 6.10 Å². The van der Waals surface area contributed by atoms with Gasteiger partial charge in [-0.15, -0.1) is 0 Å². The van der Waals surface area contributed by atoms with Crippen molar-refractivity contribution in [3.8, 4) is 6.07 Å². The number of rotatable bonds is 6. The van der Waals surface area contributed by atoms with Crippen LogP contribution in [0.25, 0.3) is 0 Å². The van der Waals surface area contributed by atoms with E-state index in [1.54, 1.807) is 12.1 Å². The lowest BCUT2D eigenvalue weighted by Crippen LogP contribution is -2.47. The van der Waals surface area contributed by atoms with E-state index in [-0.39, 0.29) is 5.91 Å². The van der Waals surface area contributed by atoms with Gasteiger partial charge in [0.1, 0.15) is 6.10 Å². The largest absolute Gasteiger partial charge is 0.383 e. The number of ether oxygens (including phenoxy) is 1. The van der Waals surface area contributed by atoms with Gasteiger partial charge in [-0.25, -0.2) is 0 Å². The molecule has 0 radical (unpaired) electrons. The number of nitriles is 1. The van der Waals surface area contributed by atoms with Crippen LogP contribution in [0.2, 0.25) is 0 Å². The third kappa shape index (κ3) is 4.68. The molecule has 1 aliphatic rings. The number of carbonyl (C=O) groups is 1. The van der Waals surface area contributed by atoms with Gasteiger partial charge in [0.05, 0.1) is 29.6 Å². The predicted octanol–water partition coefficient (Wildman–Crippen LogP) is 2.04. The zero-order chi connectivity index (χ0) is 16.7. The van der Waals surface area contributed by atoms with E-state index in [0.717, 1.165) is 31.7 Å². The fraction of sp³-hybridized carbons (Fsp3) is 0.529. The van der Waals surface area contributed by atoms with Crippen LogP contribution in [0.4, 0.5) is 11.4 Å². The number of hydrogen-bond donors (Lipinski definition) is 2. The molecule has 1 aliphatic heterocycles. The zero-order valence-electron chi connectivity index (χ0n) is 13.8. The second-order valence-corrected chi connectivity index (χ2v) is 5.54. The summed E-state index contributed by atoms with van der Waals surface area (Å²) in [6, 6.07) is 7.35. The van der Waals surface area contributed by atoms with Crippen LogP contribution in [0.5, 0.6) is 0 Å². The summed E-state index contributed by atoms with van der Waals surface area (Å²) in [4.78, 5) is 14.7. The van der Waals surface area contributed by atoms with Crippen LogP contribution in [0.1, 0.15) is 25.8 Å². The van der Waals surface area contributed by atoms with Gasteiger partial charge in [-0.3, -0.25) is 9.69 Å². The van der Waals surface area contributed by atoms with Crippen LogP contribution in [0, 0.1) is 11.3 Å². The SMILES string of the molecule is CCCNc1ccc(C#N)cc1NC(=O)[C@H]1CN(CC)CCO1. The molecule has 124 valence electrons. The van der Waals surface area contributed by atoms with Crippen molar-refractivity contribution in [2.75, 3.05) is 43.4 Å². The molecule has 6 heteroatoms. The summed E-state index contributed by atoms with van der Waals surface area (Å²) in [5, 5.41) is 15.2. The van der Waals surface area contributed by atoms with E-state index in [1.165, 1.54) is 0 Å². The summed E-state index contributed by atoms with van der Waals surface area (Å²) in [6.07, 6.45) is 0.498. The maximum Gasteiger partial charge on any atom is 0.254 e. The highest BCUT2D eigenvalue weighted by molar-refractivity contribution is 5.97. The molecule has 0 unspecified atom stereocenters. The Balaban J connectivity index is 2.10. The summed E-state index contributed by atoms with van der Waals surface area (Å²) >= 11 is 0. The van der Waals surface area contributed by atoms with Crippen molar-refractivity contribution in [2.24, 2.45) is 0 Å². The molecule has 0 aromatic heterocycles. The number of amides is 1. The third-order valence-electron chi connectivity index (χ3n) is 3.86. The van der Waals surface area contributed by atoms with Gasteiger partial charge in [-0.05, 0) is 31.2 Å². The Bertz CT molecular complexity index is 582. The summed E-state index contributed by atoms with van der Waals surface area (Å²) in [5.74, 6) is -0.169. The average Bonchev–Trinajstić information content (AvgIpc) is 2.60. The third-order valence-corrected chi connectivity index (χ3v) is 3.86. The Labute approximate surface area is 137 Å². The van der Waals surface area contributed by atoms with E-state index in [0.29, 0.717) is 24.4 Å². The Hall–Kier alpha value is -2.10. The van der Waals surface area contributed by atoms with Crippen molar-refractivity contribution in [1.82, 2.24) is 4.90 Å². The zero-order valence-corrected chi connectivity index (χ0v) is 13.8. The smallest absolute Gasteiger partial charge is 0.254 e. The molecule has 1 aromatic carbocycles. The van der Waals surface area contributed by atoms with Crippen molar-refractivity contribution in [3.63, 3.8) is 0 Å². The minimum atomic E-state index is -0.478. The normalized spacial score (nSPS) is 18.2. The van der Waals surface area contributed by atoms with Gasteiger partial charge in [0.15, 0.2) is 0 Å². The molecule has 23 heavy (non-hydrogen) atoms. The molecule has 1 heterocycles. The summed E-state index contributed by atoms with van der Waals surface area (Å²) in [7, 11) is 0. The highest BCUT2D eigenvalue weighted by Gasteiger charge is 2.26. The van der Waals surface area contributed by atoms with E-state index in [2.05, 4.69) is 35.5 Å². The van der Waals surface area contributed by atoms with Gasteiger partial charge in [0.25, 0.3) is 5.91 Å². The number of likely N-dealkylation sites (N-methyl/N-ethyl adjacent to an activating group) is 1. The van der Waals surface area contributed by atoms with Crippen LogP contribution in [0.15, 0.2) is 18.2 Å². The summed E-state index contributed by atoms with van der Waals surface area (Å²) in [5.41, 5.74) is 1.96. The monoisotopic (exact) mass is 316 g/mol. The topological polar surface area (TPSA) is 77.4 Å². The molecule has 2 rings (SSSR count). The van der Waals surface area contributed by atoms with Crippen molar-refractivity contribution in [2.45, 2.75) is 26.4 Å². The molecular formula is C17H24N4O2. The molecule has 0 saturated carbocycles. The number of benzene rings is 1. The highest BCUT2D eigenvalue weighted by Crippen LogP contribution is 2.24. The van der Waals surface area contributed by atoms with Gasteiger partial charge >= 0.3 is 0 Å². The van der Waals surface area contributed by atoms with Crippen LogP contribution in [-0.2, 0) is 9.53 Å². The number of hydrogen-bond acceptors (Lipinski definition) is 5. The second-order valence-electron chi connectivity index (χ2n) is 5.54. The first-order chi connectivity index (χ1) is 11.2. The molecule has 0 spiro atoms. The number of morpholine rings is 1. The van der Waals surface area contributed by atoms with Crippen LogP contribution < -0.4 is 10.6 Å². The van der Waals surface area contributed by atoms with E-state index in [1.807, 2.05) is 6.07 Å². The molecule has 1 saturated heterocycles. The van der Waals surface area contributed by atoms with E-state index in [9.17, 15) is 4.79 Å². The number of carbonyl (C=O) groups excluding carboxylic acids is 1. The van der Waals surface area contributed by atoms with Gasteiger partial charge in [0, 0.05) is 19.6 Å². The van der Waals surface area contributed by atoms with Crippen LogP contribution >= 0.6 is 0 Å². The number of anilines is 2. The quantitative estimate of drug-likeness (QED) is 0.840. The van der Waals surface area contributed by atoms with Gasteiger partial charge in [0.2, 0.25) is 0 Å². The first-order valence-electron chi connectivity index (χ1n) is 8.10. The van der Waals surface area contributed by atoms with Crippen molar-refractivity contribution < 1.29 is 9.53 Å². The number of nitrogens with one attached hydrogen (secondary N) is 2. The van der Waals surface area contributed by atoms with Crippen molar-refractivity contribution in [3.05, 3.63) is 23.8 Å². The molecule has 1 atom stereocenters. The molecule has 0 aliphatic carbocycles. The Kier molecular flexibility index (Phi) is 6.39. The summed E-state index contributed by atoms with van der Waals surface area (Å²) < 4.78 is 5.58. The fourth-order valence-corrected chi connectivity index (χ4v) is 2.49. The molecular weight excluding hydrogens is 292 g/mol. The van der Waals surface area contributed by atoms with Gasteiger partial charge < -0.3 is 15.4 Å². The maximum absolute atomic E-state index is 12.5. The minimum absolute atomic E-state index is 0.169. The van der Waals surface area contributed by atoms with Crippen LogP contribution in [-0.4, -0.2) is 49.7 Å².